The number of carbonyl (C=O) groups excluding carboxylic acids is 1. The van der Waals surface area contributed by atoms with Crippen molar-refractivity contribution in [3.05, 3.63) is 29.6 Å². The van der Waals surface area contributed by atoms with Crippen LogP contribution in [0.15, 0.2) is 18.3 Å². The standard InChI is InChI=1S/C13H15N3O/c1-16(9-10-3-2-4-10)13(17)11-5-6-12(7-14)15-8-11/h5-6,8,10H,2-4,9H2,1H3. The van der Waals surface area contributed by atoms with Crippen LogP contribution in [0.3, 0.4) is 0 Å². The molecule has 2 rings (SSSR count). The van der Waals surface area contributed by atoms with E-state index in [9.17, 15) is 4.79 Å². The molecule has 0 N–H and O–H groups in total. The van der Waals surface area contributed by atoms with E-state index in [-0.39, 0.29) is 5.91 Å². The Kier molecular flexibility index (Phi) is 3.38. The van der Waals surface area contributed by atoms with Crippen LogP contribution in [-0.4, -0.2) is 29.4 Å². The van der Waals surface area contributed by atoms with E-state index in [4.69, 9.17) is 5.26 Å². The first kappa shape index (κ1) is 11.6. The molecule has 17 heavy (non-hydrogen) atoms. The zero-order chi connectivity index (χ0) is 12.3. The van der Waals surface area contributed by atoms with Crippen LogP contribution in [0.5, 0.6) is 0 Å². The van der Waals surface area contributed by atoms with Gasteiger partial charge in [-0.05, 0) is 30.9 Å². The summed E-state index contributed by atoms with van der Waals surface area (Å²) in [6.45, 7) is 0.818. The number of aromatic nitrogens is 1. The number of rotatable bonds is 3. The molecule has 1 aliphatic carbocycles. The molecule has 0 radical (unpaired) electrons. The number of pyridine rings is 1. The Labute approximate surface area is 101 Å². The Morgan fingerprint density at radius 2 is 2.35 bits per heavy atom. The van der Waals surface area contributed by atoms with Crippen LogP contribution < -0.4 is 0 Å². The van der Waals surface area contributed by atoms with Gasteiger partial charge in [0.05, 0.1) is 5.56 Å². The van der Waals surface area contributed by atoms with Crippen molar-refractivity contribution in [2.45, 2.75) is 19.3 Å². The van der Waals surface area contributed by atoms with E-state index in [1.165, 1.54) is 25.5 Å². The average Bonchev–Trinajstić information content (AvgIpc) is 2.32. The molecule has 1 aromatic rings. The topological polar surface area (TPSA) is 57.0 Å². The highest BCUT2D eigenvalue weighted by atomic mass is 16.2. The van der Waals surface area contributed by atoms with Crippen LogP contribution in [0.2, 0.25) is 0 Å². The van der Waals surface area contributed by atoms with Gasteiger partial charge < -0.3 is 4.90 Å². The number of amides is 1. The van der Waals surface area contributed by atoms with Crippen molar-refractivity contribution >= 4 is 5.91 Å². The molecule has 1 aromatic heterocycles. The molecule has 1 fully saturated rings. The molecule has 1 amide bonds. The number of nitrogens with zero attached hydrogens (tertiary/aromatic N) is 3. The third-order valence-electron chi connectivity index (χ3n) is 3.23. The molecule has 0 saturated heterocycles. The van der Waals surface area contributed by atoms with E-state index in [1.54, 1.807) is 17.0 Å². The summed E-state index contributed by atoms with van der Waals surface area (Å²) < 4.78 is 0. The van der Waals surface area contributed by atoms with Crippen LogP contribution in [0.25, 0.3) is 0 Å². The maximum Gasteiger partial charge on any atom is 0.255 e. The van der Waals surface area contributed by atoms with Crippen LogP contribution in [0.1, 0.15) is 35.3 Å². The Bertz CT molecular complexity index is 443. The SMILES string of the molecule is CN(CC1CCC1)C(=O)c1ccc(C#N)nc1. The number of carbonyl (C=O) groups is 1. The summed E-state index contributed by atoms with van der Waals surface area (Å²) in [5.41, 5.74) is 0.883. The number of nitriles is 1. The molecule has 88 valence electrons. The average molecular weight is 229 g/mol. The predicted octanol–water partition coefficient (Wildman–Crippen LogP) is 1.83. The van der Waals surface area contributed by atoms with Gasteiger partial charge in [0, 0.05) is 19.8 Å². The predicted molar refractivity (Wildman–Crippen MR) is 63.3 cm³/mol. The molecular formula is C13H15N3O. The molecule has 0 atom stereocenters. The third-order valence-corrected chi connectivity index (χ3v) is 3.23. The molecule has 0 aliphatic heterocycles. The Hall–Kier alpha value is -1.89. The zero-order valence-electron chi connectivity index (χ0n) is 9.89. The highest BCUT2D eigenvalue weighted by molar-refractivity contribution is 5.93. The van der Waals surface area contributed by atoms with E-state index in [1.807, 2.05) is 13.1 Å². The monoisotopic (exact) mass is 229 g/mol. The van der Waals surface area contributed by atoms with Crippen molar-refractivity contribution in [1.29, 1.82) is 5.26 Å². The molecule has 1 heterocycles. The first-order chi connectivity index (χ1) is 8.20. The first-order valence-electron chi connectivity index (χ1n) is 5.82. The van der Waals surface area contributed by atoms with Gasteiger partial charge in [-0.1, -0.05) is 6.42 Å². The van der Waals surface area contributed by atoms with E-state index in [2.05, 4.69) is 4.98 Å². The lowest BCUT2D eigenvalue weighted by Crippen LogP contribution is -2.34. The molecule has 0 bridgehead atoms. The van der Waals surface area contributed by atoms with E-state index in [0.29, 0.717) is 17.2 Å². The second kappa shape index (κ2) is 4.96. The third kappa shape index (κ3) is 2.62. The highest BCUT2D eigenvalue weighted by Crippen LogP contribution is 2.27. The van der Waals surface area contributed by atoms with Gasteiger partial charge in [-0.2, -0.15) is 5.26 Å². The van der Waals surface area contributed by atoms with Crippen molar-refractivity contribution in [3.63, 3.8) is 0 Å². The summed E-state index contributed by atoms with van der Waals surface area (Å²) in [5.74, 6) is 0.643. The van der Waals surface area contributed by atoms with E-state index >= 15 is 0 Å². The molecule has 1 aliphatic rings. The summed E-state index contributed by atoms with van der Waals surface area (Å²) in [6, 6.07) is 5.17. The molecule has 4 nitrogen and oxygen atoms in total. The van der Waals surface area contributed by atoms with E-state index < -0.39 is 0 Å². The van der Waals surface area contributed by atoms with Crippen molar-refractivity contribution in [2.24, 2.45) is 5.92 Å². The maximum absolute atomic E-state index is 12.0. The fourth-order valence-electron chi connectivity index (χ4n) is 1.95. The summed E-state index contributed by atoms with van der Waals surface area (Å²) in [7, 11) is 1.82. The Morgan fingerprint density at radius 1 is 1.59 bits per heavy atom. The van der Waals surface area contributed by atoms with Crippen molar-refractivity contribution in [3.8, 4) is 6.07 Å². The summed E-state index contributed by atoms with van der Waals surface area (Å²) in [4.78, 5) is 17.7. The second-order valence-corrected chi connectivity index (χ2v) is 4.53. The lowest BCUT2D eigenvalue weighted by Gasteiger charge is -2.30. The summed E-state index contributed by atoms with van der Waals surface area (Å²) >= 11 is 0. The van der Waals surface area contributed by atoms with Crippen LogP contribution in [0, 0.1) is 17.2 Å². The Balaban J connectivity index is 1.99. The van der Waals surface area contributed by atoms with Gasteiger partial charge in [0.25, 0.3) is 5.91 Å². The summed E-state index contributed by atoms with van der Waals surface area (Å²) in [5, 5.41) is 8.63. The largest absolute Gasteiger partial charge is 0.341 e. The molecular weight excluding hydrogens is 214 g/mol. The van der Waals surface area contributed by atoms with Gasteiger partial charge in [-0.25, -0.2) is 4.98 Å². The lowest BCUT2D eigenvalue weighted by atomic mass is 9.85. The Morgan fingerprint density at radius 3 is 2.82 bits per heavy atom. The minimum Gasteiger partial charge on any atom is -0.341 e. The first-order valence-corrected chi connectivity index (χ1v) is 5.82. The van der Waals surface area contributed by atoms with Crippen LogP contribution in [0.4, 0.5) is 0 Å². The minimum absolute atomic E-state index is 0.0195. The molecule has 4 heteroatoms. The quantitative estimate of drug-likeness (QED) is 0.794. The van der Waals surface area contributed by atoms with Gasteiger partial charge in [-0.3, -0.25) is 4.79 Å². The van der Waals surface area contributed by atoms with Crippen LogP contribution in [-0.2, 0) is 0 Å². The fourth-order valence-corrected chi connectivity index (χ4v) is 1.95. The molecule has 1 saturated carbocycles. The normalized spacial score (nSPS) is 14.8. The van der Waals surface area contributed by atoms with Crippen molar-refractivity contribution in [1.82, 2.24) is 9.88 Å². The molecule has 0 aromatic carbocycles. The second-order valence-electron chi connectivity index (χ2n) is 4.53. The van der Waals surface area contributed by atoms with Gasteiger partial charge in [0.2, 0.25) is 0 Å². The maximum atomic E-state index is 12.0. The zero-order valence-corrected chi connectivity index (χ0v) is 9.89. The van der Waals surface area contributed by atoms with Gasteiger partial charge in [0.1, 0.15) is 11.8 Å². The van der Waals surface area contributed by atoms with Crippen LogP contribution >= 0.6 is 0 Å². The summed E-state index contributed by atoms with van der Waals surface area (Å²) in [6.07, 6.45) is 5.20. The fraction of sp³-hybridized carbons (Fsp3) is 0.462. The minimum atomic E-state index is -0.0195. The van der Waals surface area contributed by atoms with Gasteiger partial charge >= 0.3 is 0 Å². The molecule has 0 spiro atoms. The van der Waals surface area contributed by atoms with Gasteiger partial charge in [-0.15, -0.1) is 0 Å². The van der Waals surface area contributed by atoms with E-state index in [0.717, 1.165) is 6.54 Å². The molecule has 0 unspecified atom stereocenters. The number of hydrogen-bond acceptors (Lipinski definition) is 3. The van der Waals surface area contributed by atoms with Crippen molar-refractivity contribution < 1.29 is 4.79 Å². The smallest absolute Gasteiger partial charge is 0.255 e. The van der Waals surface area contributed by atoms with Crippen molar-refractivity contribution in [2.75, 3.05) is 13.6 Å². The number of hydrogen-bond donors (Lipinski definition) is 0. The highest BCUT2D eigenvalue weighted by Gasteiger charge is 2.22. The lowest BCUT2D eigenvalue weighted by molar-refractivity contribution is 0.0745. The van der Waals surface area contributed by atoms with Gasteiger partial charge in [0.15, 0.2) is 0 Å².